The highest BCUT2D eigenvalue weighted by Crippen LogP contribution is 2.72. The summed E-state index contributed by atoms with van der Waals surface area (Å²) in [7, 11) is 1.75. The maximum absolute atomic E-state index is 14.7. The predicted molar refractivity (Wildman–Crippen MR) is 158 cm³/mol. The maximum atomic E-state index is 14.7. The van der Waals surface area contributed by atoms with Crippen molar-refractivity contribution in [2.75, 3.05) is 66.1 Å². The van der Waals surface area contributed by atoms with Gasteiger partial charge in [0.2, 0.25) is 17.7 Å². The van der Waals surface area contributed by atoms with Crippen LogP contribution in [0.25, 0.3) is 0 Å². The quantitative estimate of drug-likeness (QED) is 0.335. The number of amides is 3. The van der Waals surface area contributed by atoms with Crippen molar-refractivity contribution in [1.82, 2.24) is 19.6 Å². The Morgan fingerprint density at radius 1 is 1.20 bits per heavy atom. The van der Waals surface area contributed by atoms with Crippen LogP contribution in [0.2, 0.25) is 0 Å². The first kappa shape index (κ1) is 31.1. The van der Waals surface area contributed by atoms with Gasteiger partial charge in [0.05, 0.1) is 42.4 Å². The summed E-state index contributed by atoms with van der Waals surface area (Å²) in [4.78, 5) is 50.5. The molecule has 7 atom stereocenters. The molecule has 2 bridgehead atoms. The Labute approximate surface area is 243 Å². The van der Waals surface area contributed by atoms with E-state index < -0.39 is 33.4 Å². The van der Waals surface area contributed by atoms with E-state index >= 15 is 0 Å². The average molecular weight is 577 g/mol. The summed E-state index contributed by atoms with van der Waals surface area (Å²) in [6, 6.07) is -1.24. The molecular formula is C30H48N4O5S. The zero-order valence-electron chi connectivity index (χ0n) is 24.7. The summed E-state index contributed by atoms with van der Waals surface area (Å²) in [6.45, 7) is 18.7. The summed E-state index contributed by atoms with van der Waals surface area (Å²) in [5, 5.41) is 10.6. The number of hydrogen-bond donors (Lipinski definition) is 1. The molecule has 0 aromatic carbocycles. The topological polar surface area (TPSA) is 93.6 Å². The van der Waals surface area contributed by atoms with Gasteiger partial charge in [-0.1, -0.05) is 32.4 Å². The lowest BCUT2D eigenvalue weighted by molar-refractivity contribution is -0.148. The van der Waals surface area contributed by atoms with Crippen molar-refractivity contribution < 1.29 is 24.2 Å². The fourth-order valence-corrected chi connectivity index (χ4v) is 9.75. The first-order chi connectivity index (χ1) is 19.1. The van der Waals surface area contributed by atoms with Crippen LogP contribution in [0.1, 0.15) is 40.0 Å². The maximum Gasteiger partial charge on any atom is 0.247 e. The van der Waals surface area contributed by atoms with Crippen molar-refractivity contribution >= 4 is 29.5 Å². The first-order valence-electron chi connectivity index (χ1n) is 14.8. The summed E-state index contributed by atoms with van der Waals surface area (Å²) in [5.41, 5.74) is 0. The minimum atomic E-state index is -0.741. The molecule has 224 valence electrons. The van der Waals surface area contributed by atoms with Crippen LogP contribution in [0.15, 0.2) is 25.3 Å². The van der Waals surface area contributed by atoms with Crippen molar-refractivity contribution in [3.05, 3.63) is 25.3 Å². The number of carbonyl (C=O) groups is 3. The van der Waals surface area contributed by atoms with Crippen molar-refractivity contribution in [2.45, 2.75) is 61.6 Å². The normalized spacial score (nSPS) is 33.0. The average Bonchev–Trinajstić information content (AvgIpc) is 3.52. The number of fused-ring (bicyclic) bond motifs is 1. The molecular weight excluding hydrogens is 528 g/mol. The van der Waals surface area contributed by atoms with E-state index in [1.165, 1.54) is 0 Å². The molecule has 4 aliphatic heterocycles. The number of aliphatic hydroxyl groups excluding tert-OH is 1. The molecule has 4 fully saturated rings. The molecule has 4 aliphatic rings. The van der Waals surface area contributed by atoms with E-state index in [-0.39, 0.29) is 30.2 Å². The van der Waals surface area contributed by atoms with E-state index in [0.29, 0.717) is 45.8 Å². The van der Waals surface area contributed by atoms with Gasteiger partial charge in [0.15, 0.2) is 0 Å². The van der Waals surface area contributed by atoms with Crippen LogP contribution in [-0.2, 0) is 19.1 Å². The van der Waals surface area contributed by atoms with Gasteiger partial charge in [-0.2, -0.15) is 0 Å². The molecule has 1 spiro atoms. The predicted octanol–water partition coefficient (Wildman–Crippen LogP) is 1.87. The molecule has 10 heteroatoms. The summed E-state index contributed by atoms with van der Waals surface area (Å²) in [5.74, 6) is -1.46. The second-order valence-electron chi connectivity index (χ2n) is 12.1. The molecule has 2 unspecified atom stereocenters. The Morgan fingerprint density at radius 3 is 2.48 bits per heavy atom. The fourth-order valence-electron chi connectivity index (χ4n) is 7.42. The summed E-state index contributed by atoms with van der Waals surface area (Å²) >= 11 is 1.68. The fraction of sp³-hybridized carbons (Fsp3) is 0.767. The molecule has 4 rings (SSSR count). The number of carbonyl (C=O) groups excluding carboxylic acids is 3. The molecule has 1 N–H and O–H groups in total. The van der Waals surface area contributed by atoms with Crippen molar-refractivity contribution in [3.8, 4) is 0 Å². The van der Waals surface area contributed by atoms with E-state index in [1.54, 1.807) is 40.8 Å². The molecule has 0 aromatic rings. The molecule has 9 nitrogen and oxygen atoms in total. The van der Waals surface area contributed by atoms with Gasteiger partial charge in [0.25, 0.3) is 0 Å². The number of ether oxygens (including phenoxy) is 1. The molecule has 4 heterocycles. The summed E-state index contributed by atoms with van der Waals surface area (Å²) in [6.07, 6.45) is 5.65. The van der Waals surface area contributed by atoms with Crippen molar-refractivity contribution in [2.24, 2.45) is 17.8 Å². The highest BCUT2D eigenvalue weighted by atomic mass is 32.2. The minimum Gasteiger partial charge on any atom is -0.394 e. The van der Waals surface area contributed by atoms with E-state index in [2.05, 4.69) is 25.0 Å². The van der Waals surface area contributed by atoms with Crippen LogP contribution >= 0.6 is 11.8 Å². The molecule has 3 amide bonds. The van der Waals surface area contributed by atoms with Gasteiger partial charge in [0, 0.05) is 51.1 Å². The second-order valence-corrected chi connectivity index (χ2v) is 14.0. The Kier molecular flexibility index (Phi) is 9.75. The smallest absolute Gasteiger partial charge is 0.247 e. The van der Waals surface area contributed by atoms with E-state index in [0.717, 1.165) is 25.9 Å². The summed E-state index contributed by atoms with van der Waals surface area (Å²) < 4.78 is 4.34. The van der Waals surface area contributed by atoms with Gasteiger partial charge < -0.3 is 24.5 Å². The lowest BCUT2D eigenvalue weighted by atomic mass is 9.66. The monoisotopic (exact) mass is 576 g/mol. The van der Waals surface area contributed by atoms with E-state index in [9.17, 15) is 19.5 Å². The van der Waals surface area contributed by atoms with Crippen LogP contribution in [0.5, 0.6) is 0 Å². The standard InChI is InChI=1S/C30H48N4O5S/c1-7-12-31(6)26(36)23-24-27(37)34(22(20-35)21(4)9-3)25(30(24)11-10-29(23,5)40-30)28(38)33(13-8-2)15-14-32-16-18-39-19-17-32/h7-8,21-25,35H,1-2,9-20H2,3-6H3/t21-,22-,23+,24-,25?,29-,30?/m0/s1. The van der Waals surface area contributed by atoms with Crippen LogP contribution < -0.4 is 0 Å². The molecule has 0 aromatic heterocycles. The minimum absolute atomic E-state index is 0.00365. The number of morpholine rings is 1. The number of rotatable bonds is 13. The molecule has 40 heavy (non-hydrogen) atoms. The van der Waals surface area contributed by atoms with Crippen LogP contribution in [-0.4, -0.2) is 130 Å². The Hall–Kier alpha value is -1.88. The lowest BCUT2D eigenvalue weighted by Crippen LogP contribution is -2.59. The van der Waals surface area contributed by atoms with Gasteiger partial charge in [-0.05, 0) is 25.7 Å². The lowest BCUT2D eigenvalue weighted by Gasteiger charge is -2.41. The molecule has 0 radical (unpaired) electrons. The molecule has 0 saturated carbocycles. The van der Waals surface area contributed by atoms with Crippen LogP contribution in [0.4, 0.5) is 0 Å². The Balaban J connectivity index is 1.74. The van der Waals surface area contributed by atoms with E-state index in [4.69, 9.17) is 4.74 Å². The SMILES string of the molecule is C=CCN(C)C(=O)[C@H]1[C@H]2C(=O)N([C@@H](CO)[C@@H](C)CC)C(C(=O)N(CC=C)CCN3CCOCC3)C23CC[C@]1(C)S3. The molecule has 0 aliphatic carbocycles. The van der Waals surface area contributed by atoms with Gasteiger partial charge >= 0.3 is 0 Å². The highest BCUT2D eigenvalue weighted by Gasteiger charge is 2.78. The van der Waals surface area contributed by atoms with Crippen molar-refractivity contribution in [3.63, 3.8) is 0 Å². The molecule has 4 saturated heterocycles. The Morgan fingerprint density at radius 2 is 1.88 bits per heavy atom. The zero-order valence-corrected chi connectivity index (χ0v) is 25.5. The first-order valence-corrected chi connectivity index (χ1v) is 15.6. The Bertz CT molecular complexity index is 989. The van der Waals surface area contributed by atoms with Gasteiger partial charge in [-0.25, -0.2) is 0 Å². The van der Waals surface area contributed by atoms with Crippen LogP contribution in [0, 0.1) is 17.8 Å². The van der Waals surface area contributed by atoms with Gasteiger partial charge in [0.1, 0.15) is 6.04 Å². The highest BCUT2D eigenvalue weighted by molar-refractivity contribution is 8.02. The number of thioether (sulfide) groups is 1. The zero-order chi connectivity index (χ0) is 29.2. The number of likely N-dealkylation sites (tertiary alicyclic amines) is 1. The third kappa shape index (κ3) is 5.25. The third-order valence-corrected chi connectivity index (χ3v) is 11.8. The second kappa shape index (κ2) is 12.5. The largest absolute Gasteiger partial charge is 0.394 e. The number of hydrogen-bond acceptors (Lipinski definition) is 7. The van der Waals surface area contributed by atoms with Crippen LogP contribution in [0.3, 0.4) is 0 Å². The number of nitrogens with zero attached hydrogens (tertiary/aromatic N) is 4. The van der Waals surface area contributed by atoms with Gasteiger partial charge in [-0.3, -0.25) is 19.3 Å². The van der Waals surface area contributed by atoms with E-state index in [1.807, 2.05) is 18.7 Å². The number of likely N-dealkylation sites (N-methyl/N-ethyl adjacent to an activating group) is 1. The number of aliphatic hydroxyl groups is 1. The van der Waals surface area contributed by atoms with Crippen molar-refractivity contribution in [1.29, 1.82) is 0 Å². The van der Waals surface area contributed by atoms with Gasteiger partial charge in [-0.15, -0.1) is 24.9 Å². The third-order valence-electron chi connectivity index (χ3n) is 9.79.